The number of aliphatic hydroxyl groups is 1. The number of rotatable bonds is 8. The van der Waals surface area contributed by atoms with E-state index in [1.165, 1.54) is 6.26 Å². The van der Waals surface area contributed by atoms with Crippen LogP contribution >= 0.6 is 0 Å². The summed E-state index contributed by atoms with van der Waals surface area (Å²) < 4.78 is 10.8. The maximum absolute atomic E-state index is 11.8. The van der Waals surface area contributed by atoms with Crippen LogP contribution in [0.1, 0.15) is 31.1 Å². The molecule has 23 heavy (non-hydrogen) atoms. The number of carbonyl (C=O) groups excluding carboxylic acids is 1. The second kappa shape index (κ2) is 7.83. The fourth-order valence-corrected chi connectivity index (χ4v) is 2.16. The molecule has 0 aliphatic carbocycles. The third-order valence-corrected chi connectivity index (χ3v) is 3.58. The molecule has 1 aromatic carbocycles. The summed E-state index contributed by atoms with van der Waals surface area (Å²) in [5.41, 5.74) is -0.136. The second-order valence-corrected chi connectivity index (χ2v) is 5.75. The number of hydrogen-bond acceptors (Lipinski definition) is 4. The Morgan fingerprint density at radius 2 is 2.09 bits per heavy atom. The quantitative estimate of drug-likeness (QED) is 0.734. The number of aryl methyl sites for hydroxylation is 1. The van der Waals surface area contributed by atoms with Crippen LogP contribution in [0.3, 0.4) is 0 Å². The topological polar surface area (TPSA) is 71.7 Å². The summed E-state index contributed by atoms with van der Waals surface area (Å²) in [5.74, 6) is 1.15. The molecule has 0 spiro atoms. The van der Waals surface area contributed by atoms with Crippen LogP contribution in [0.25, 0.3) is 0 Å². The van der Waals surface area contributed by atoms with Gasteiger partial charge in [-0.2, -0.15) is 0 Å². The maximum atomic E-state index is 11.8. The number of hydrogen-bond donors (Lipinski definition) is 2. The Balaban J connectivity index is 1.67. The van der Waals surface area contributed by atoms with Crippen molar-refractivity contribution < 1.29 is 19.1 Å². The number of ether oxygens (including phenoxy) is 1. The van der Waals surface area contributed by atoms with Crippen molar-refractivity contribution in [2.45, 2.75) is 32.3 Å². The van der Waals surface area contributed by atoms with Crippen LogP contribution < -0.4 is 10.1 Å². The van der Waals surface area contributed by atoms with Gasteiger partial charge in [0.1, 0.15) is 17.1 Å². The Hall–Kier alpha value is -2.27. The van der Waals surface area contributed by atoms with Crippen LogP contribution in [-0.4, -0.2) is 24.2 Å². The molecule has 2 N–H and O–H groups in total. The summed E-state index contributed by atoms with van der Waals surface area (Å²) in [4.78, 5) is 11.8. The zero-order valence-electron chi connectivity index (χ0n) is 13.5. The summed E-state index contributed by atoms with van der Waals surface area (Å²) >= 11 is 0. The van der Waals surface area contributed by atoms with Crippen LogP contribution in [0.2, 0.25) is 0 Å². The maximum Gasteiger partial charge on any atom is 0.220 e. The van der Waals surface area contributed by atoms with Crippen molar-refractivity contribution in [2.24, 2.45) is 0 Å². The summed E-state index contributed by atoms with van der Waals surface area (Å²) in [6.45, 7) is 4.18. The van der Waals surface area contributed by atoms with Gasteiger partial charge in [0, 0.05) is 6.42 Å². The van der Waals surface area contributed by atoms with Crippen LogP contribution in [0.4, 0.5) is 0 Å². The molecule has 0 fully saturated rings. The first kappa shape index (κ1) is 17.1. The molecule has 0 radical (unpaired) electrons. The minimum absolute atomic E-state index is 0.109. The molecule has 0 saturated carbocycles. The van der Waals surface area contributed by atoms with Gasteiger partial charge in [-0.1, -0.05) is 18.2 Å². The van der Waals surface area contributed by atoms with Gasteiger partial charge in [0.15, 0.2) is 0 Å². The summed E-state index contributed by atoms with van der Waals surface area (Å²) in [5, 5.41) is 13.0. The molecule has 0 aliphatic rings. The molecule has 2 aromatic rings. The van der Waals surface area contributed by atoms with E-state index in [1.807, 2.05) is 31.2 Å². The Morgan fingerprint density at radius 3 is 2.78 bits per heavy atom. The van der Waals surface area contributed by atoms with E-state index < -0.39 is 5.60 Å². The Morgan fingerprint density at radius 1 is 1.30 bits per heavy atom. The summed E-state index contributed by atoms with van der Waals surface area (Å²) in [6.07, 6.45) is 2.46. The molecule has 0 bridgehead atoms. The van der Waals surface area contributed by atoms with Crippen molar-refractivity contribution in [3.05, 3.63) is 54.0 Å². The monoisotopic (exact) mass is 317 g/mol. The number of carbonyl (C=O) groups is 1. The lowest BCUT2D eigenvalue weighted by atomic mass is 10.0. The molecule has 1 amide bonds. The van der Waals surface area contributed by atoms with E-state index in [0.717, 1.165) is 11.3 Å². The minimum Gasteiger partial charge on any atom is -0.493 e. The fraction of sp³-hybridized carbons (Fsp3) is 0.389. The smallest absolute Gasteiger partial charge is 0.220 e. The zero-order valence-corrected chi connectivity index (χ0v) is 13.5. The number of para-hydroxylation sites is 1. The van der Waals surface area contributed by atoms with Crippen molar-refractivity contribution in [3.8, 4) is 5.75 Å². The van der Waals surface area contributed by atoms with E-state index in [9.17, 15) is 9.90 Å². The Bertz CT molecular complexity index is 620. The molecule has 5 nitrogen and oxygen atoms in total. The second-order valence-electron chi connectivity index (χ2n) is 5.75. The van der Waals surface area contributed by atoms with Gasteiger partial charge in [0.2, 0.25) is 5.91 Å². The lowest BCUT2D eigenvalue weighted by Gasteiger charge is -2.21. The van der Waals surface area contributed by atoms with Crippen molar-refractivity contribution >= 4 is 5.91 Å². The first-order valence-corrected chi connectivity index (χ1v) is 7.70. The van der Waals surface area contributed by atoms with Gasteiger partial charge >= 0.3 is 0 Å². The zero-order chi connectivity index (χ0) is 16.7. The van der Waals surface area contributed by atoms with E-state index in [1.54, 1.807) is 19.1 Å². The molecule has 124 valence electrons. The van der Waals surface area contributed by atoms with Crippen LogP contribution in [0.5, 0.6) is 5.75 Å². The van der Waals surface area contributed by atoms with Gasteiger partial charge in [0.05, 0.1) is 19.4 Å². The van der Waals surface area contributed by atoms with Gasteiger partial charge in [-0.05, 0) is 44.0 Å². The highest BCUT2D eigenvalue weighted by Crippen LogP contribution is 2.20. The Kier molecular flexibility index (Phi) is 5.82. The number of benzene rings is 1. The fourth-order valence-electron chi connectivity index (χ4n) is 2.16. The lowest BCUT2D eigenvalue weighted by Crippen LogP contribution is -2.38. The predicted molar refractivity (Wildman–Crippen MR) is 87.2 cm³/mol. The SMILES string of the molecule is Cc1ccccc1OCCCC(=O)NCC(C)(O)c1ccco1. The average molecular weight is 317 g/mol. The van der Waals surface area contributed by atoms with Gasteiger partial charge in [-0.15, -0.1) is 0 Å². The van der Waals surface area contributed by atoms with Gasteiger partial charge in [0.25, 0.3) is 0 Å². The normalized spacial score (nSPS) is 13.3. The highest BCUT2D eigenvalue weighted by Gasteiger charge is 2.26. The molecule has 0 saturated heterocycles. The predicted octanol–water partition coefficient (Wildman–Crippen LogP) is 2.77. The van der Waals surface area contributed by atoms with E-state index in [4.69, 9.17) is 9.15 Å². The molecule has 1 unspecified atom stereocenters. The molecule has 1 heterocycles. The number of amides is 1. The van der Waals surface area contributed by atoms with Crippen molar-refractivity contribution in [2.75, 3.05) is 13.2 Å². The standard InChI is InChI=1S/C18H23NO4/c1-14-7-3-4-8-15(14)22-11-6-10-17(20)19-13-18(2,21)16-9-5-12-23-16/h3-5,7-9,12,21H,6,10-11,13H2,1-2H3,(H,19,20). The van der Waals surface area contributed by atoms with Crippen molar-refractivity contribution in [3.63, 3.8) is 0 Å². The number of nitrogens with one attached hydrogen (secondary N) is 1. The molecule has 2 rings (SSSR count). The van der Waals surface area contributed by atoms with E-state index >= 15 is 0 Å². The third kappa shape index (κ3) is 5.14. The van der Waals surface area contributed by atoms with Gasteiger partial charge in [-0.25, -0.2) is 0 Å². The highest BCUT2D eigenvalue weighted by atomic mass is 16.5. The van der Waals surface area contributed by atoms with Gasteiger partial charge < -0.3 is 19.6 Å². The first-order chi connectivity index (χ1) is 11.0. The molecule has 5 heteroatoms. The van der Waals surface area contributed by atoms with Crippen molar-refractivity contribution in [1.29, 1.82) is 0 Å². The van der Waals surface area contributed by atoms with E-state index in [2.05, 4.69) is 5.32 Å². The number of furan rings is 1. The molecule has 1 aromatic heterocycles. The molecule has 1 atom stereocenters. The largest absolute Gasteiger partial charge is 0.493 e. The van der Waals surface area contributed by atoms with E-state index in [0.29, 0.717) is 25.2 Å². The van der Waals surface area contributed by atoms with Crippen molar-refractivity contribution in [1.82, 2.24) is 5.32 Å². The van der Waals surface area contributed by atoms with Crippen LogP contribution in [-0.2, 0) is 10.4 Å². The van der Waals surface area contributed by atoms with E-state index in [-0.39, 0.29) is 12.5 Å². The summed E-state index contributed by atoms with van der Waals surface area (Å²) in [6, 6.07) is 11.2. The van der Waals surface area contributed by atoms with Crippen LogP contribution in [0.15, 0.2) is 47.1 Å². The third-order valence-electron chi connectivity index (χ3n) is 3.58. The Labute approximate surface area is 136 Å². The highest BCUT2D eigenvalue weighted by molar-refractivity contribution is 5.75. The van der Waals surface area contributed by atoms with Crippen LogP contribution in [0, 0.1) is 6.92 Å². The average Bonchev–Trinajstić information content (AvgIpc) is 3.06. The molecular formula is C18H23NO4. The molecule has 0 aliphatic heterocycles. The first-order valence-electron chi connectivity index (χ1n) is 7.70. The molecular weight excluding hydrogens is 294 g/mol. The van der Waals surface area contributed by atoms with Gasteiger partial charge in [-0.3, -0.25) is 4.79 Å². The minimum atomic E-state index is -1.21. The lowest BCUT2D eigenvalue weighted by molar-refractivity contribution is -0.122. The summed E-state index contributed by atoms with van der Waals surface area (Å²) in [7, 11) is 0.